The number of rotatable bonds is 4. The molecule has 0 spiro atoms. The molecule has 2 rings (SSSR count). The second-order valence-corrected chi connectivity index (χ2v) is 9.12. The maximum Gasteiger partial charge on any atom is 0.411 e. The number of carbonyl (C=O) groups is 2. The monoisotopic (exact) mass is 399 g/mol. The molecule has 1 fully saturated rings. The summed E-state index contributed by atoms with van der Waals surface area (Å²) in [4.78, 5) is 24.9. The van der Waals surface area contributed by atoms with E-state index in [9.17, 15) is 23.1 Å². The van der Waals surface area contributed by atoms with E-state index in [1.165, 1.54) is 12.1 Å². The molecule has 1 aromatic carbocycles. The van der Waals surface area contributed by atoms with Gasteiger partial charge in [0.1, 0.15) is 11.6 Å². The lowest BCUT2D eigenvalue weighted by atomic mass is 10.0. The average molecular weight is 399 g/mol. The Morgan fingerprint density at radius 2 is 1.74 bits per heavy atom. The molecule has 0 saturated carbocycles. The van der Waals surface area contributed by atoms with Gasteiger partial charge in [0, 0.05) is 0 Å². The zero-order valence-corrected chi connectivity index (χ0v) is 16.7. The number of aliphatic carboxylic acids is 1. The van der Waals surface area contributed by atoms with Crippen molar-refractivity contribution < 1.29 is 32.0 Å². The van der Waals surface area contributed by atoms with E-state index >= 15 is 0 Å². The van der Waals surface area contributed by atoms with Gasteiger partial charge in [0.05, 0.1) is 17.5 Å². The molecular formula is C18H25NO7S. The number of aryl methyl sites for hydroxylation is 1. The Morgan fingerprint density at radius 1 is 1.15 bits per heavy atom. The minimum absolute atomic E-state index is 0.0114. The number of likely N-dealkylation sites (tertiary alicyclic amines) is 1. The van der Waals surface area contributed by atoms with Crippen molar-refractivity contribution in [3.05, 3.63) is 29.8 Å². The van der Waals surface area contributed by atoms with Crippen LogP contribution in [0, 0.1) is 6.92 Å². The molecule has 1 saturated heterocycles. The van der Waals surface area contributed by atoms with Gasteiger partial charge in [0.2, 0.25) is 0 Å². The van der Waals surface area contributed by atoms with Crippen LogP contribution in [0.15, 0.2) is 29.2 Å². The minimum atomic E-state index is -4.02. The van der Waals surface area contributed by atoms with Crippen LogP contribution in [0.3, 0.4) is 0 Å². The summed E-state index contributed by atoms with van der Waals surface area (Å²) in [5.41, 5.74) is 0.106. The minimum Gasteiger partial charge on any atom is -0.480 e. The first-order valence-electron chi connectivity index (χ1n) is 8.61. The van der Waals surface area contributed by atoms with Crippen LogP contribution in [-0.4, -0.2) is 54.8 Å². The summed E-state index contributed by atoms with van der Waals surface area (Å²) in [6.07, 6.45) is -1.39. The van der Waals surface area contributed by atoms with Crippen molar-refractivity contribution in [1.29, 1.82) is 0 Å². The predicted molar refractivity (Wildman–Crippen MR) is 96.8 cm³/mol. The lowest BCUT2D eigenvalue weighted by molar-refractivity contribution is -0.145. The van der Waals surface area contributed by atoms with E-state index in [4.69, 9.17) is 8.92 Å². The molecule has 1 aliphatic heterocycles. The highest BCUT2D eigenvalue weighted by Gasteiger charge is 2.40. The Labute approximate surface area is 159 Å². The summed E-state index contributed by atoms with van der Waals surface area (Å²) in [6.45, 7) is 6.65. The molecule has 0 unspecified atom stereocenters. The third-order valence-electron chi connectivity index (χ3n) is 4.02. The third kappa shape index (κ3) is 5.67. The molecule has 1 aromatic rings. The van der Waals surface area contributed by atoms with Gasteiger partial charge >= 0.3 is 12.1 Å². The Kier molecular flexibility index (Phi) is 6.16. The Hall–Kier alpha value is -2.13. The van der Waals surface area contributed by atoms with Gasteiger partial charge in [-0.25, -0.2) is 9.59 Å². The predicted octanol–water partition coefficient (Wildman–Crippen LogP) is 2.55. The van der Waals surface area contributed by atoms with E-state index in [0.717, 1.165) is 10.5 Å². The summed E-state index contributed by atoms with van der Waals surface area (Å²) < 4.78 is 35.4. The van der Waals surface area contributed by atoms with Gasteiger partial charge < -0.3 is 9.84 Å². The van der Waals surface area contributed by atoms with E-state index in [-0.39, 0.29) is 24.3 Å². The van der Waals surface area contributed by atoms with Crippen LogP contribution in [-0.2, 0) is 23.8 Å². The van der Waals surface area contributed by atoms with E-state index in [0.29, 0.717) is 0 Å². The number of nitrogens with zero attached hydrogens (tertiary/aromatic N) is 1. The van der Waals surface area contributed by atoms with E-state index in [1.807, 2.05) is 6.92 Å². The first kappa shape index (κ1) is 21.2. The molecule has 8 nitrogen and oxygen atoms in total. The van der Waals surface area contributed by atoms with Gasteiger partial charge in [-0.05, 0) is 52.7 Å². The van der Waals surface area contributed by atoms with E-state index < -0.39 is 39.9 Å². The van der Waals surface area contributed by atoms with Crippen molar-refractivity contribution in [2.45, 2.75) is 63.2 Å². The van der Waals surface area contributed by atoms with Gasteiger partial charge in [-0.15, -0.1) is 0 Å². The number of carboxylic acid groups (broad SMARTS) is 1. The van der Waals surface area contributed by atoms with Crippen LogP contribution in [0.5, 0.6) is 0 Å². The number of benzene rings is 1. The summed E-state index contributed by atoms with van der Waals surface area (Å²) in [6, 6.07) is 5.12. The van der Waals surface area contributed by atoms with Gasteiger partial charge in [0.25, 0.3) is 10.1 Å². The molecule has 27 heavy (non-hydrogen) atoms. The number of carboxylic acids is 1. The van der Waals surface area contributed by atoms with E-state index in [2.05, 4.69) is 0 Å². The SMILES string of the molecule is Cc1ccc(S(=O)(=O)O[C@H]2CC[C@@H](C(=O)O)N(C(=O)OC(C)(C)C)C2)cc1. The summed E-state index contributed by atoms with van der Waals surface area (Å²) in [7, 11) is -4.02. The van der Waals surface area contributed by atoms with Crippen LogP contribution >= 0.6 is 0 Å². The molecule has 1 aliphatic rings. The molecule has 1 heterocycles. The highest BCUT2D eigenvalue weighted by atomic mass is 32.2. The molecule has 9 heteroatoms. The van der Waals surface area contributed by atoms with Crippen molar-refractivity contribution in [2.75, 3.05) is 6.54 Å². The van der Waals surface area contributed by atoms with Crippen LogP contribution in [0.2, 0.25) is 0 Å². The van der Waals surface area contributed by atoms with Crippen molar-refractivity contribution >= 4 is 22.2 Å². The average Bonchev–Trinajstić information content (AvgIpc) is 2.53. The van der Waals surface area contributed by atoms with Crippen molar-refractivity contribution in [3.63, 3.8) is 0 Å². The largest absolute Gasteiger partial charge is 0.480 e. The van der Waals surface area contributed by atoms with Crippen molar-refractivity contribution in [1.82, 2.24) is 4.90 Å². The smallest absolute Gasteiger partial charge is 0.411 e. The molecule has 2 atom stereocenters. The molecule has 0 bridgehead atoms. The molecule has 1 amide bonds. The molecule has 0 radical (unpaired) electrons. The van der Waals surface area contributed by atoms with E-state index in [1.54, 1.807) is 32.9 Å². The Morgan fingerprint density at radius 3 is 2.26 bits per heavy atom. The second-order valence-electron chi connectivity index (χ2n) is 7.55. The summed E-state index contributed by atoms with van der Waals surface area (Å²) >= 11 is 0. The topological polar surface area (TPSA) is 110 Å². The number of amides is 1. The lowest BCUT2D eigenvalue weighted by Gasteiger charge is -2.37. The number of carbonyl (C=O) groups excluding carboxylic acids is 1. The van der Waals surface area contributed by atoms with Crippen LogP contribution in [0.25, 0.3) is 0 Å². The number of hydrogen-bond donors (Lipinski definition) is 1. The molecule has 0 aliphatic carbocycles. The van der Waals surface area contributed by atoms with Gasteiger partial charge in [-0.2, -0.15) is 8.42 Å². The zero-order chi connectivity index (χ0) is 20.4. The Bertz CT molecular complexity index is 796. The standard InChI is InChI=1S/C18H25NO7S/c1-12-5-8-14(9-6-12)27(23,24)26-13-7-10-15(16(20)21)19(11-13)17(22)25-18(2,3)4/h5-6,8-9,13,15H,7,10-11H2,1-4H3,(H,20,21)/t13-,15-/m0/s1. The highest BCUT2D eigenvalue weighted by Crippen LogP contribution is 2.25. The van der Waals surface area contributed by atoms with Gasteiger partial charge in [-0.3, -0.25) is 9.08 Å². The summed E-state index contributed by atoms with van der Waals surface area (Å²) in [5, 5.41) is 9.37. The van der Waals surface area contributed by atoms with Gasteiger partial charge in [-0.1, -0.05) is 17.7 Å². The first-order valence-corrected chi connectivity index (χ1v) is 10.0. The summed E-state index contributed by atoms with van der Waals surface area (Å²) in [5.74, 6) is -1.17. The maximum absolute atomic E-state index is 12.5. The fraction of sp³-hybridized carbons (Fsp3) is 0.556. The molecule has 0 aromatic heterocycles. The third-order valence-corrected chi connectivity index (χ3v) is 5.40. The molecular weight excluding hydrogens is 374 g/mol. The number of hydrogen-bond acceptors (Lipinski definition) is 6. The molecule has 150 valence electrons. The van der Waals surface area contributed by atoms with Crippen LogP contribution in [0.4, 0.5) is 4.79 Å². The normalized spacial score (nSPS) is 21.0. The quantitative estimate of drug-likeness (QED) is 0.775. The van der Waals surface area contributed by atoms with Crippen LogP contribution < -0.4 is 0 Å². The van der Waals surface area contributed by atoms with Crippen molar-refractivity contribution in [3.8, 4) is 0 Å². The molecule has 1 N–H and O–H groups in total. The fourth-order valence-electron chi connectivity index (χ4n) is 2.73. The van der Waals surface area contributed by atoms with Crippen molar-refractivity contribution in [2.24, 2.45) is 0 Å². The van der Waals surface area contributed by atoms with Crippen LogP contribution in [0.1, 0.15) is 39.2 Å². The van der Waals surface area contributed by atoms with Gasteiger partial charge in [0.15, 0.2) is 0 Å². The zero-order valence-electron chi connectivity index (χ0n) is 15.8. The highest BCUT2D eigenvalue weighted by molar-refractivity contribution is 7.86. The lowest BCUT2D eigenvalue weighted by Crippen LogP contribution is -2.54. The number of ether oxygens (including phenoxy) is 1. The Balaban J connectivity index is 2.16. The second kappa shape index (κ2) is 7.85. The maximum atomic E-state index is 12.5. The fourth-order valence-corrected chi connectivity index (χ4v) is 3.83. The number of piperidine rings is 1. The first-order chi connectivity index (χ1) is 12.4.